The van der Waals surface area contributed by atoms with Crippen molar-refractivity contribution in [2.45, 2.75) is 37.6 Å². The maximum absolute atomic E-state index is 13.7. The standard InChI is InChI=1S/C28H29ClN2O2/c1-19(25-17-23(29)16-20-5-3-4-6-24(20)25)31(2)27(32)18-28(10-12-30-13-11-28)22-7-8-26-21(15-22)9-14-33-26/h3-9,14-17,19,30H,10-13,18H2,1-2H3. The minimum Gasteiger partial charge on any atom is -0.464 e. The monoisotopic (exact) mass is 460 g/mol. The summed E-state index contributed by atoms with van der Waals surface area (Å²) >= 11 is 6.43. The largest absolute Gasteiger partial charge is 0.464 e. The molecule has 33 heavy (non-hydrogen) atoms. The fourth-order valence-corrected chi connectivity index (χ4v) is 5.49. The van der Waals surface area contributed by atoms with E-state index in [1.807, 2.05) is 48.3 Å². The van der Waals surface area contributed by atoms with E-state index in [-0.39, 0.29) is 17.4 Å². The number of carbonyl (C=O) groups is 1. The predicted octanol–water partition coefficient (Wildman–Crippen LogP) is 6.47. The molecule has 1 N–H and O–H groups in total. The predicted molar refractivity (Wildman–Crippen MR) is 135 cm³/mol. The Hall–Kier alpha value is -2.82. The number of piperidine rings is 1. The number of benzene rings is 3. The number of hydrogen-bond acceptors (Lipinski definition) is 3. The van der Waals surface area contributed by atoms with Crippen LogP contribution in [0.15, 0.2) is 71.3 Å². The minimum atomic E-state index is -0.182. The highest BCUT2D eigenvalue weighted by Crippen LogP contribution is 2.40. The van der Waals surface area contributed by atoms with Gasteiger partial charge >= 0.3 is 0 Å². The molecule has 1 unspecified atom stereocenters. The van der Waals surface area contributed by atoms with Gasteiger partial charge in [-0.05, 0) is 85.1 Å². The molecule has 0 aliphatic carbocycles. The Morgan fingerprint density at radius 1 is 1.09 bits per heavy atom. The zero-order valence-electron chi connectivity index (χ0n) is 19.1. The number of furan rings is 1. The number of nitrogens with one attached hydrogen (secondary N) is 1. The zero-order chi connectivity index (χ0) is 23.0. The number of nitrogens with zero attached hydrogens (tertiary/aromatic N) is 1. The summed E-state index contributed by atoms with van der Waals surface area (Å²) in [5.41, 5.74) is 3.00. The lowest BCUT2D eigenvalue weighted by atomic mass is 9.70. The Bertz CT molecular complexity index is 1310. The molecule has 1 amide bonds. The van der Waals surface area contributed by atoms with Crippen LogP contribution in [0.2, 0.25) is 5.02 Å². The van der Waals surface area contributed by atoms with Crippen LogP contribution in [0.3, 0.4) is 0 Å². The number of carbonyl (C=O) groups excluding carboxylic acids is 1. The zero-order valence-corrected chi connectivity index (χ0v) is 19.9. The van der Waals surface area contributed by atoms with E-state index in [0.717, 1.165) is 53.2 Å². The Kier molecular flexibility index (Phi) is 5.90. The number of fused-ring (bicyclic) bond motifs is 2. The van der Waals surface area contributed by atoms with Crippen LogP contribution in [0.4, 0.5) is 0 Å². The molecule has 1 atom stereocenters. The first kappa shape index (κ1) is 22.0. The fourth-order valence-electron chi connectivity index (χ4n) is 5.26. The molecule has 170 valence electrons. The Balaban J connectivity index is 1.45. The summed E-state index contributed by atoms with van der Waals surface area (Å²) in [5, 5.41) is 7.47. The third-order valence-corrected chi connectivity index (χ3v) is 7.62. The van der Waals surface area contributed by atoms with Crippen molar-refractivity contribution in [1.29, 1.82) is 0 Å². The van der Waals surface area contributed by atoms with Crippen LogP contribution >= 0.6 is 11.6 Å². The lowest BCUT2D eigenvalue weighted by molar-refractivity contribution is -0.133. The van der Waals surface area contributed by atoms with Crippen molar-refractivity contribution in [3.8, 4) is 0 Å². The van der Waals surface area contributed by atoms with Gasteiger partial charge in [-0.15, -0.1) is 0 Å². The summed E-state index contributed by atoms with van der Waals surface area (Å²) < 4.78 is 5.54. The van der Waals surface area contributed by atoms with E-state index in [1.54, 1.807) is 6.26 Å². The summed E-state index contributed by atoms with van der Waals surface area (Å²) in [5.74, 6) is 0.153. The van der Waals surface area contributed by atoms with E-state index in [1.165, 1.54) is 5.56 Å². The fraction of sp³-hybridized carbons (Fsp3) is 0.321. The third-order valence-electron chi connectivity index (χ3n) is 7.40. The van der Waals surface area contributed by atoms with Crippen LogP contribution in [0.25, 0.3) is 21.7 Å². The van der Waals surface area contributed by atoms with Gasteiger partial charge in [-0.25, -0.2) is 0 Å². The highest BCUT2D eigenvalue weighted by atomic mass is 35.5. The highest BCUT2D eigenvalue weighted by molar-refractivity contribution is 6.31. The van der Waals surface area contributed by atoms with Gasteiger partial charge in [0.05, 0.1) is 12.3 Å². The molecular formula is C28H29ClN2O2. The van der Waals surface area contributed by atoms with Gasteiger partial charge < -0.3 is 14.6 Å². The van der Waals surface area contributed by atoms with Crippen LogP contribution in [0.5, 0.6) is 0 Å². The van der Waals surface area contributed by atoms with Crippen LogP contribution in [0, 0.1) is 0 Å². The second kappa shape index (κ2) is 8.85. The van der Waals surface area contributed by atoms with Gasteiger partial charge in [0.15, 0.2) is 0 Å². The smallest absolute Gasteiger partial charge is 0.223 e. The second-order valence-electron chi connectivity index (χ2n) is 9.28. The molecule has 4 nitrogen and oxygen atoms in total. The molecule has 5 heteroatoms. The SMILES string of the molecule is CC(c1cc(Cl)cc2ccccc12)N(C)C(=O)CC1(c2ccc3occc3c2)CCNCC1. The molecule has 0 saturated carbocycles. The highest BCUT2D eigenvalue weighted by Gasteiger charge is 2.38. The van der Waals surface area contributed by atoms with E-state index in [0.29, 0.717) is 11.4 Å². The van der Waals surface area contributed by atoms with Crippen molar-refractivity contribution in [1.82, 2.24) is 10.2 Å². The Labute approximate surface area is 199 Å². The Morgan fingerprint density at radius 3 is 2.70 bits per heavy atom. The summed E-state index contributed by atoms with van der Waals surface area (Å²) in [4.78, 5) is 15.6. The van der Waals surface area contributed by atoms with Gasteiger partial charge in [0.1, 0.15) is 5.58 Å². The van der Waals surface area contributed by atoms with Crippen molar-refractivity contribution in [3.63, 3.8) is 0 Å². The number of halogens is 1. The summed E-state index contributed by atoms with van der Waals surface area (Å²) in [6.45, 7) is 3.91. The second-order valence-corrected chi connectivity index (χ2v) is 9.71. The molecule has 1 saturated heterocycles. The van der Waals surface area contributed by atoms with Gasteiger partial charge in [0.2, 0.25) is 5.91 Å². The van der Waals surface area contributed by atoms with Crippen molar-refractivity contribution in [3.05, 3.63) is 83.1 Å². The topological polar surface area (TPSA) is 45.5 Å². The number of hydrogen-bond donors (Lipinski definition) is 1. The van der Waals surface area contributed by atoms with Crippen LogP contribution in [-0.2, 0) is 10.2 Å². The lowest BCUT2D eigenvalue weighted by Crippen LogP contribution is -2.44. The molecule has 1 fully saturated rings. The van der Waals surface area contributed by atoms with Gasteiger partial charge in [-0.3, -0.25) is 4.79 Å². The molecule has 0 bridgehead atoms. The first-order valence-electron chi connectivity index (χ1n) is 11.6. The molecule has 1 aliphatic rings. The third kappa shape index (κ3) is 4.14. The van der Waals surface area contributed by atoms with Crippen LogP contribution in [-0.4, -0.2) is 30.9 Å². The van der Waals surface area contributed by atoms with Crippen molar-refractivity contribution in [2.24, 2.45) is 0 Å². The first-order chi connectivity index (χ1) is 16.0. The van der Waals surface area contributed by atoms with E-state index < -0.39 is 0 Å². The van der Waals surface area contributed by atoms with Gasteiger partial charge in [-0.2, -0.15) is 0 Å². The van der Waals surface area contributed by atoms with E-state index in [2.05, 4.69) is 36.5 Å². The van der Waals surface area contributed by atoms with Gasteiger partial charge in [-0.1, -0.05) is 41.9 Å². The molecular weight excluding hydrogens is 432 g/mol. The van der Waals surface area contributed by atoms with E-state index >= 15 is 0 Å². The molecule has 1 aromatic heterocycles. The van der Waals surface area contributed by atoms with E-state index in [9.17, 15) is 4.79 Å². The van der Waals surface area contributed by atoms with Gasteiger partial charge in [0.25, 0.3) is 0 Å². The van der Waals surface area contributed by atoms with Crippen molar-refractivity contribution in [2.75, 3.05) is 20.1 Å². The molecule has 0 radical (unpaired) electrons. The summed E-state index contributed by atoms with van der Waals surface area (Å²) in [7, 11) is 1.91. The molecule has 5 rings (SSSR count). The number of rotatable bonds is 5. The van der Waals surface area contributed by atoms with Gasteiger partial charge in [0, 0.05) is 29.3 Å². The Morgan fingerprint density at radius 2 is 1.88 bits per heavy atom. The summed E-state index contributed by atoms with van der Waals surface area (Å²) in [6.07, 6.45) is 4.08. The normalized spacial score (nSPS) is 16.7. The van der Waals surface area contributed by atoms with Crippen molar-refractivity contribution >= 4 is 39.2 Å². The van der Waals surface area contributed by atoms with Crippen LogP contribution in [0.1, 0.15) is 43.4 Å². The molecule has 0 spiro atoms. The molecule has 3 aromatic carbocycles. The first-order valence-corrected chi connectivity index (χ1v) is 12.0. The quantitative estimate of drug-likeness (QED) is 0.371. The minimum absolute atomic E-state index is 0.0868. The average molecular weight is 461 g/mol. The maximum atomic E-state index is 13.7. The molecule has 2 heterocycles. The molecule has 4 aromatic rings. The average Bonchev–Trinajstić information content (AvgIpc) is 3.31. The van der Waals surface area contributed by atoms with Crippen molar-refractivity contribution < 1.29 is 9.21 Å². The lowest BCUT2D eigenvalue weighted by Gasteiger charge is -2.39. The van der Waals surface area contributed by atoms with Crippen LogP contribution < -0.4 is 5.32 Å². The maximum Gasteiger partial charge on any atom is 0.223 e. The molecule has 1 aliphatic heterocycles. The number of amides is 1. The van der Waals surface area contributed by atoms with E-state index in [4.69, 9.17) is 16.0 Å². The summed E-state index contributed by atoms with van der Waals surface area (Å²) in [6, 6.07) is 20.5.